The molecule has 1 fully saturated rings. The van der Waals surface area contributed by atoms with Crippen molar-refractivity contribution in [3.05, 3.63) is 22.7 Å². The average molecular weight is 360 g/mol. The molecule has 0 aromatic heterocycles. The molecule has 0 N–H and O–H groups in total. The molecular formula is C16H22ClNO4S. The van der Waals surface area contributed by atoms with Gasteiger partial charge in [-0.3, -0.25) is 4.90 Å². The predicted molar refractivity (Wildman–Crippen MR) is 90.2 cm³/mol. The zero-order chi connectivity index (χ0) is 16.4. The van der Waals surface area contributed by atoms with Crippen LogP contribution in [0, 0.1) is 0 Å². The molecule has 1 atom stereocenters. The Morgan fingerprint density at radius 3 is 2.78 bits per heavy atom. The molecule has 5 nitrogen and oxygen atoms in total. The fraction of sp³-hybridized carbons (Fsp3) is 0.625. The van der Waals surface area contributed by atoms with Crippen molar-refractivity contribution in [2.24, 2.45) is 0 Å². The Kier molecular flexibility index (Phi) is 5.04. The number of hydrogen-bond donors (Lipinski definition) is 0. The minimum atomic E-state index is -2.88. The smallest absolute Gasteiger partial charge is 0.179 e. The van der Waals surface area contributed by atoms with Crippen molar-refractivity contribution in [3.8, 4) is 11.5 Å². The standard InChI is InChI=1S/C16H22ClNO4S/c1-2-18(13-4-7-23(19,20)11-13)10-12-8-14(17)16-15(9-12)21-5-3-6-22-16/h8-9,13H,2-7,10-11H2,1H3/t13-/m0/s1. The van der Waals surface area contributed by atoms with Crippen LogP contribution < -0.4 is 9.47 Å². The normalized spacial score (nSPS) is 23.0. The summed E-state index contributed by atoms with van der Waals surface area (Å²) in [6, 6.07) is 3.93. The van der Waals surface area contributed by atoms with E-state index in [0.717, 1.165) is 18.5 Å². The molecule has 3 rings (SSSR count). The lowest BCUT2D eigenvalue weighted by atomic mass is 10.1. The van der Waals surface area contributed by atoms with E-state index in [9.17, 15) is 8.42 Å². The number of rotatable bonds is 4. The fourth-order valence-electron chi connectivity index (χ4n) is 3.17. The SMILES string of the molecule is CCN(Cc1cc(Cl)c2c(c1)OCCCO2)[C@H]1CCS(=O)(=O)C1. The fourth-order valence-corrected chi connectivity index (χ4v) is 5.22. The van der Waals surface area contributed by atoms with Crippen LogP contribution in [0.1, 0.15) is 25.3 Å². The molecule has 0 radical (unpaired) electrons. The third-order valence-corrected chi connectivity index (χ3v) is 6.41. The monoisotopic (exact) mass is 359 g/mol. The molecule has 1 aromatic carbocycles. The first-order valence-electron chi connectivity index (χ1n) is 8.01. The summed E-state index contributed by atoms with van der Waals surface area (Å²) in [7, 11) is -2.88. The molecule has 1 aromatic rings. The van der Waals surface area contributed by atoms with Crippen LogP contribution in [0.2, 0.25) is 5.02 Å². The van der Waals surface area contributed by atoms with Gasteiger partial charge >= 0.3 is 0 Å². The van der Waals surface area contributed by atoms with Gasteiger partial charge in [0.2, 0.25) is 0 Å². The molecule has 2 heterocycles. The summed E-state index contributed by atoms with van der Waals surface area (Å²) in [6.07, 6.45) is 1.54. The summed E-state index contributed by atoms with van der Waals surface area (Å²) in [6.45, 7) is 4.73. The molecule has 2 aliphatic heterocycles. The first-order chi connectivity index (χ1) is 11.0. The molecule has 128 valence electrons. The van der Waals surface area contributed by atoms with Crippen molar-refractivity contribution in [2.45, 2.75) is 32.4 Å². The van der Waals surface area contributed by atoms with Crippen LogP contribution in [0.5, 0.6) is 11.5 Å². The molecule has 0 spiro atoms. The number of hydrogen-bond acceptors (Lipinski definition) is 5. The van der Waals surface area contributed by atoms with E-state index in [2.05, 4.69) is 11.8 Å². The number of benzene rings is 1. The van der Waals surface area contributed by atoms with Crippen molar-refractivity contribution < 1.29 is 17.9 Å². The van der Waals surface area contributed by atoms with Crippen molar-refractivity contribution in [1.29, 1.82) is 0 Å². The molecule has 2 aliphatic rings. The van der Waals surface area contributed by atoms with Gasteiger partial charge < -0.3 is 9.47 Å². The second-order valence-electron chi connectivity index (χ2n) is 6.08. The maximum absolute atomic E-state index is 11.7. The van der Waals surface area contributed by atoms with Crippen LogP contribution in [0.15, 0.2) is 12.1 Å². The van der Waals surface area contributed by atoms with Gasteiger partial charge in [-0.05, 0) is 30.7 Å². The summed E-state index contributed by atoms with van der Waals surface area (Å²) in [5.41, 5.74) is 1.02. The average Bonchev–Trinajstić information content (AvgIpc) is 2.72. The lowest BCUT2D eigenvalue weighted by Crippen LogP contribution is -2.35. The van der Waals surface area contributed by atoms with Crippen LogP contribution in [-0.2, 0) is 16.4 Å². The van der Waals surface area contributed by atoms with Gasteiger partial charge in [0.25, 0.3) is 0 Å². The first-order valence-corrected chi connectivity index (χ1v) is 10.2. The second kappa shape index (κ2) is 6.87. The molecule has 7 heteroatoms. The van der Waals surface area contributed by atoms with Gasteiger partial charge in [0.1, 0.15) is 0 Å². The number of ether oxygens (including phenoxy) is 2. The zero-order valence-corrected chi connectivity index (χ0v) is 14.8. The van der Waals surface area contributed by atoms with E-state index in [1.165, 1.54) is 0 Å². The third kappa shape index (κ3) is 3.92. The summed E-state index contributed by atoms with van der Waals surface area (Å²) < 4.78 is 34.8. The lowest BCUT2D eigenvalue weighted by Gasteiger charge is -2.27. The summed E-state index contributed by atoms with van der Waals surface area (Å²) in [4.78, 5) is 2.19. The molecule has 0 unspecified atom stereocenters. The minimum absolute atomic E-state index is 0.0831. The quantitative estimate of drug-likeness (QED) is 0.826. The van der Waals surface area contributed by atoms with E-state index in [4.69, 9.17) is 21.1 Å². The molecule has 0 saturated carbocycles. The number of sulfone groups is 1. The molecular weight excluding hydrogens is 338 g/mol. The van der Waals surface area contributed by atoms with Gasteiger partial charge in [-0.1, -0.05) is 18.5 Å². The Morgan fingerprint density at radius 2 is 2.09 bits per heavy atom. The van der Waals surface area contributed by atoms with E-state index in [0.29, 0.717) is 42.7 Å². The largest absolute Gasteiger partial charge is 0.489 e. The Bertz CT molecular complexity index is 677. The number of halogens is 1. The molecule has 0 aliphatic carbocycles. The Hall–Kier alpha value is -0.980. The Balaban J connectivity index is 1.79. The van der Waals surface area contributed by atoms with E-state index in [-0.39, 0.29) is 17.5 Å². The van der Waals surface area contributed by atoms with Gasteiger partial charge in [-0.2, -0.15) is 0 Å². The highest BCUT2D eigenvalue weighted by Gasteiger charge is 2.31. The van der Waals surface area contributed by atoms with Gasteiger partial charge in [0.05, 0.1) is 29.7 Å². The van der Waals surface area contributed by atoms with E-state index in [1.54, 1.807) is 0 Å². The summed E-state index contributed by atoms with van der Waals surface area (Å²) in [5.74, 6) is 1.83. The summed E-state index contributed by atoms with van der Waals surface area (Å²) in [5, 5.41) is 0.550. The maximum Gasteiger partial charge on any atom is 0.179 e. The molecule has 0 bridgehead atoms. The molecule has 0 amide bonds. The third-order valence-electron chi connectivity index (χ3n) is 4.38. The molecule has 1 saturated heterocycles. The second-order valence-corrected chi connectivity index (χ2v) is 8.71. The van der Waals surface area contributed by atoms with Gasteiger partial charge in [-0.25, -0.2) is 8.42 Å². The van der Waals surface area contributed by atoms with E-state index < -0.39 is 9.84 Å². The number of nitrogens with zero attached hydrogens (tertiary/aromatic N) is 1. The van der Waals surface area contributed by atoms with Crippen molar-refractivity contribution in [1.82, 2.24) is 4.90 Å². The predicted octanol–water partition coefficient (Wildman–Crippen LogP) is 2.51. The van der Waals surface area contributed by atoms with Crippen LogP contribution in [0.3, 0.4) is 0 Å². The van der Waals surface area contributed by atoms with Crippen molar-refractivity contribution in [2.75, 3.05) is 31.3 Å². The van der Waals surface area contributed by atoms with Crippen LogP contribution in [-0.4, -0.2) is 50.6 Å². The van der Waals surface area contributed by atoms with Gasteiger partial charge in [-0.15, -0.1) is 0 Å². The first kappa shape index (κ1) is 16.9. The maximum atomic E-state index is 11.7. The Morgan fingerprint density at radius 1 is 1.30 bits per heavy atom. The highest BCUT2D eigenvalue weighted by atomic mass is 35.5. The van der Waals surface area contributed by atoms with Crippen LogP contribution >= 0.6 is 11.6 Å². The van der Waals surface area contributed by atoms with Gasteiger partial charge in [0.15, 0.2) is 21.3 Å². The highest BCUT2D eigenvalue weighted by molar-refractivity contribution is 7.91. The van der Waals surface area contributed by atoms with E-state index in [1.807, 2.05) is 12.1 Å². The topological polar surface area (TPSA) is 55.8 Å². The van der Waals surface area contributed by atoms with Crippen molar-refractivity contribution >= 4 is 21.4 Å². The Labute approximate surface area is 142 Å². The van der Waals surface area contributed by atoms with Crippen molar-refractivity contribution in [3.63, 3.8) is 0 Å². The highest BCUT2D eigenvalue weighted by Crippen LogP contribution is 2.38. The molecule has 23 heavy (non-hydrogen) atoms. The number of fused-ring (bicyclic) bond motifs is 1. The van der Waals surface area contributed by atoms with E-state index >= 15 is 0 Å². The lowest BCUT2D eigenvalue weighted by molar-refractivity contribution is 0.214. The summed E-state index contributed by atoms with van der Waals surface area (Å²) >= 11 is 6.33. The van der Waals surface area contributed by atoms with Crippen LogP contribution in [0.25, 0.3) is 0 Å². The zero-order valence-electron chi connectivity index (χ0n) is 13.3. The van der Waals surface area contributed by atoms with Crippen LogP contribution in [0.4, 0.5) is 0 Å². The van der Waals surface area contributed by atoms with Gasteiger partial charge in [0, 0.05) is 19.0 Å². The minimum Gasteiger partial charge on any atom is -0.489 e.